The Balaban J connectivity index is 0.00000220. The van der Waals surface area contributed by atoms with E-state index in [2.05, 4.69) is 48.3 Å². The van der Waals surface area contributed by atoms with Crippen molar-refractivity contribution >= 4 is 22.6 Å². The fraction of sp³-hybridized carbons (Fsp3) is 0.625. The van der Waals surface area contributed by atoms with Gasteiger partial charge in [-0.05, 0) is 34.6 Å². The molecule has 0 amide bonds. The Labute approximate surface area is 184 Å². The summed E-state index contributed by atoms with van der Waals surface area (Å²) in [6.07, 6.45) is 0. The molecule has 0 aliphatic carbocycles. The minimum atomic E-state index is -1.46. The van der Waals surface area contributed by atoms with E-state index in [1.165, 1.54) is 5.92 Å². The molecule has 112 valence electrons. The Morgan fingerprint density at radius 3 is 2.29 bits per heavy atom. The number of aryl methyl sites for hydroxylation is 2. The van der Waals surface area contributed by atoms with Crippen molar-refractivity contribution in [1.29, 1.82) is 0 Å². The van der Waals surface area contributed by atoms with E-state index in [-0.39, 0.29) is 61.5 Å². The number of hydrogen-bond donors (Lipinski definition) is 0. The topological polar surface area (TPSA) is 16.1 Å². The molecule has 1 aromatic heterocycles. The molecular formula is C16H23FIKN2. The molecule has 2 heterocycles. The van der Waals surface area contributed by atoms with Gasteiger partial charge in [-0.15, -0.1) is 5.92 Å². The summed E-state index contributed by atoms with van der Waals surface area (Å²) in [4.78, 5) is 6.55. The SMILES string of the molecule is Cc1nc(C)c2c(c1C)C(C)(F)N(C(C)C)C(I)[C-]2C.[K+]. The molecule has 0 aromatic carbocycles. The molecule has 2 nitrogen and oxygen atoms in total. The summed E-state index contributed by atoms with van der Waals surface area (Å²) in [7, 11) is 0. The largest absolute Gasteiger partial charge is 1.00 e. The zero-order chi connectivity index (χ0) is 15.4. The van der Waals surface area contributed by atoms with Crippen LogP contribution in [-0.2, 0) is 5.79 Å². The maximum absolute atomic E-state index is 15.7. The van der Waals surface area contributed by atoms with Crippen molar-refractivity contribution in [1.82, 2.24) is 9.88 Å². The first-order chi connectivity index (χ1) is 9.10. The van der Waals surface area contributed by atoms with Crippen LogP contribution in [-0.4, -0.2) is 20.0 Å². The van der Waals surface area contributed by atoms with E-state index in [0.717, 1.165) is 28.1 Å². The van der Waals surface area contributed by atoms with Crippen molar-refractivity contribution in [3.05, 3.63) is 34.0 Å². The zero-order valence-electron chi connectivity index (χ0n) is 14.3. The quantitative estimate of drug-likeness (QED) is 0.222. The Morgan fingerprint density at radius 1 is 1.29 bits per heavy atom. The smallest absolute Gasteiger partial charge is 0.323 e. The van der Waals surface area contributed by atoms with Crippen LogP contribution in [0.4, 0.5) is 4.39 Å². The molecule has 1 aliphatic rings. The molecular weight excluding hydrogens is 405 g/mol. The van der Waals surface area contributed by atoms with Gasteiger partial charge in [0.1, 0.15) is 5.79 Å². The first-order valence-electron chi connectivity index (χ1n) is 7.04. The van der Waals surface area contributed by atoms with Crippen LogP contribution in [0.3, 0.4) is 0 Å². The van der Waals surface area contributed by atoms with Crippen molar-refractivity contribution in [2.24, 2.45) is 0 Å². The normalized spacial score (nSPS) is 25.8. The van der Waals surface area contributed by atoms with Gasteiger partial charge in [0.15, 0.2) is 0 Å². The third-order valence-electron chi connectivity index (χ3n) is 4.36. The standard InChI is InChI=1S/C16H23FIN2.K/c1-8(2)20-15(18)10(4)13-12(6)19-11(5)9(3)14(13)16(20,7)17;/h8,15H,1-7H3;/q-1;+1. The number of nitrogens with zero attached hydrogens (tertiary/aromatic N) is 2. The van der Waals surface area contributed by atoms with Gasteiger partial charge < -0.3 is 4.98 Å². The van der Waals surface area contributed by atoms with Crippen molar-refractivity contribution in [2.45, 2.75) is 64.3 Å². The van der Waals surface area contributed by atoms with Crippen LogP contribution in [0.5, 0.6) is 0 Å². The monoisotopic (exact) mass is 428 g/mol. The summed E-state index contributed by atoms with van der Waals surface area (Å²) in [5.41, 5.74) is 4.67. The van der Waals surface area contributed by atoms with E-state index in [1.54, 1.807) is 6.92 Å². The molecule has 0 spiro atoms. The average Bonchev–Trinajstić information content (AvgIpc) is 2.30. The van der Waals surface area contributed by atoms with Gasteiger partial charge in [0.25, 0.3) is 0 Å². The Hall–Kier alpha value is 1.28. The number of alkyl halides is 2. The van der Waals surface area contributed by atoms with Crippen LogP contribution < -0.4 is 51.4 Å². The van der Waals surface area contributed by atoms with Crippen molar-refractivity contribution in [3.8, 4) is 0 Å². The average molecular weight is 428 g/mol. The van der Waals surface area contributed by atoms with E-state index in [0.29, 0.717) is 0 Å². The molecule has 1 aliphatic heterocycles. The van der Waals surface area contributed by atoms with Gasteiger partial charge in [-0.25, -0.2) is 4.39 Å². The number of hydrogen-bond acceptors (Lipinski definition) is 2. The van der Waals surface area contributed by atoms with Crippen molar-refractivity contribution in [3.63, 3.8) is 0 Å². The molecule has 0 saturated heterocycles. The second kappa shape index (κ2) is 7.03. The summed E-state index contributed by atoms with van der Waals surface area (Å²) in [5.74, 6) is -0.255. The van der Waals surface area contributed by atoms with Gasteiger partial charge in [-0.3, -0.25) is 4.90 Å². The Bertz CT molecular complexity index is 546. The van der Waals surface area contributed by atoms with E-state index in [1.807, 2.05) is 25.7 Å². The predicted octanol–water partition coefficient (Wildman–Crippen LogP) is 1.58. The Morgan fingerprint density at radius 2 is 1.81 bits per heavy atom. The molecule has 0 fully saturated rings. The third-order valence-corrected chi connectivity index (χ3v) is 5.89. The summed E-state index contributed by atoms with van der Waals surface area (Å²) in [5, 5.41) is 0. The first-order valence-corrected chi connectivity index (χ1v) is 8.28. The van der Waals surface area contributed by atoms with Crippen LogP contribution in [0.25, 0.3) is 0 Å². The fourth-order valence-electron chi connectivity index (χ4n) is 3.41. The van der Waals surface area contributed by atoms with E-state index in [9.17, 15) is 0 Å². The maximum atomic E-state index is 15.7. The number of rotatable bonds is 1. The zero-order valence-corrected chi connectivity index (χ0v) is 19.6. The van der Waals surface area contributed by atoms with Crippen LogP contribution in [0.15, 0.2) is 0 Å². The van der Waals surface area contributed by atoms with Crippen LogP contribution in [0.2, 0.25) is 0 Å². The fourth-order valence-corrected chi connectivity index (χ4v) is 4.89. The van der Waals surface area contributed by atoms with Crippen molar-refractivity contribution in [2.75, 3.05) is 0 Å². The summed E-state index contributed by atoms with van der Waals surface area (Å²) >= 11 is 2.34. The molecule has 0 bridgehead atoms. The molecule has 5 heteroatoms. The minimum Gasteiger partial charge on any atom is -0.323 e. The molecule has 0 saturated carbocycles. The predicted molar refractivity (Wildman–Crippen MR) is 89.7 cm³/mol. The first kappa shape index (κ1) is 20.3. The van der Waals surface area contributed by atoms with Gasteiger partial charge in [-0.1, -0.05) is 53.3 Å². The van der Waals surface area contributed by atoms with Crippen LogP contribution in [0.1, 0.15) is 55.8 Å². The van der Waals surface area contributed by atoms with E-state index in [4.69, 9.17) is 0 Å². The van der Waals surface area contributed by atoms with Gasteiger partial charge in [-0.2, -0.15) is 5.56 Å². The maximum Gasteiger partial charge on any atom is 1.00 e. The number of aromatic nitrogens is 1. The molecule has 2 rings (SSSR count). The van der Waals surface area contributed by atoms with Gasteiger partial charge in [0.2, 0.25) is 0 Å². The van der Waals surface area contributed by atoms with E-state index < -0.39 is 5.79 Å². The molecule has 0 radical (unpaired) electrons. The van der Waals surface area contributed by atoms with Gasteiger partial charge >= 0.3 is 51.4 Å². The van der Waals surface area contributed by atoms with Crippen LogP contribution in [0, 0.1) is 26.7 Å². The third kappa shape index (κ3) is 3.26. The second-order valence-electron chi connectivity index (χ2n) is 6.13. The summed E-state index contributed by atoms with van der Waals surface area (Å²) in [6.45, 7) is 13.8. The van der Waals surface area contributed by atoms with Crippen molar-refractivity contribution < 1.29 is 55.8 Å². The Kier molecular flexibility index (Phi) is 6.80. The van der Waals surface area contributed by atoms with Gasteiger partial charge in [0.05, 0.1) is 0 Å². The molecule has 1 aromatic rings. The number of pyridine rings is 1. The van der Waals surface area contributed by atoms with Crippen LogP contribution >= 0.6 is 22.6 Å². The minimum absolute atomic E-state index is 0. The van der Waals surface area contributed by atoms with E-state index >= 15 is 4.39 Å². The molecule has 2 unspecified atom stereocenters. The van der Waals surface area contributed by atoms with Gasteiger partial charge in [0, 0.05) is 15.8 Å². The summed E-state index contributed by atoms with van der Waals surface area (Å²) in [6, 6.07) is 0.142. The molecule has 21 heavy (non-hydrogen) atoms. The summed E-state index contributed by atoms with van der Waals surface area (Å²) < 4.78 is 15.8. The second-order valence-corrected chi connectivity index (χ2v) is 7.31. The molecule has 2 atom stereocenters. The molecule has 0 N–H and O–H groups in total. The number of halogens is 2. The number of fused-ring (bicyclic) bond motifs is 1.